The van der Waals surface area contributed by atoms with Gasteiger partial charge in [0.15, 0.2) is 0 Å². The first-order valence-electron chi connectivity index (χ1n) is 4.09. The molecule has 2 aromatic rings. The standard InChI is InChI=1S/C10H10N2S/c1-6-3-8-9(4-7(6)2)11-5-12-10(8)13/h3-5H,1-2H3,(H,11,12,13). The smallest absolute Gasteiger partial charge is 0.117 e. The summed E-state index contributed by atoms with van der Waals surface area (Å²) in [5.41, 5.74) is 3.46. The molecule has 0 aliphatic carbocycles. The Morgan fingerprint density at radius 1 is 1.08 bits per heavy atom. The van der Waals surface area contributed by atoms with Crippen LogP contribution in [-0.2, 0) is 0 Å². The van der Waals surface area contributed by atoms with Crippen LogP contribution in [0.2, 0.25) is 0 Å². The van der Waals surface area contributed by atoms with Crippen molar-refractivity contribution in [1.82, 2.24) is 9.97 Å². The highest BCUT2D eigenvalue weighted by Crippen LogP contribution is 2.21. The summed E-state index contributed by atoms with van der Waals surface area (Å²) in [5, 5.41) is 1.77. The minimum absolute atomic E-state index is 0.744. The zero-order valence-electron chi connectivity index (χ0n) is 7.57. The molecule has 0 amide bonds. The lowest BCUT2D eigenvalue weighted by atomic mass is 10.1. The van der Waals surface area contributed by atoms with E-state index in [1.807, 2.05) is 0 Å². The van der Waals surface area contributed by atoms with Gasteiger partial charge in [-0.25, -0.2) is 9.97 Å². The Balaban J connectivity index is 2.89. The number of hydrogen-bond acceptors (Lipinski definition) is 3. The molecule has 1 aromatic heterocycles. The molecule has 1 aromatic carbocycles. The van der Waals surface area contributed by atoms with E-state index in [2.05, 4.69) is 48.6 Å². The number of fused-ring (bicyclic) bond motifs is 1. The maximum Gasteiger partial charge on any atom is 0.117 e. The second-order valence-electron chi connectivity index (χ2n) is 3.15. The van der Waals surface area contributed by atoms with Gasteiger partial charge in [0, 0.05) is 5.39 Å². The fraction of sp³-hybridized carbons (Fsp3) is 0.200. The second-order valence-corrected chi connectivity index (χ2v) is 3.57. The molecule has 66 valence electrons. The number of aryl methyl sites for hydroxylation is 2. The van der Waals surface area contributed by atoms with Gasteiger partial charge in [0.25, 0.3) is 0 Å². The van der Waals surface area contributed by atoms with E-state index in [9.17, 15) is 0 Å². The second kappa shape index (κ2) is 3.00. The Hall–Kier alpha value is -1.09. The minimum Gasteiger partial charge on any atom is -0.236 e. The van der Waals surface area contributed by atoms with Crippen LogP contribution in [0.15, 0.2) is 23.5 Å². The van der Waals surface area contributed by atoms with Crippen molar-refractivity contribution in [3.05, 3.63) is 29.6 Å². The molecule has 2 nitrogen and oxygen atoms in total. The van der Waals surface area contributed by atoms with Crippen molar-refractivity contribution in [2.75, 3.05) is 0 Å². The van der Waals surface area contributed by atoms with Crippen LogP contribution >= 0.6 is 12.6 Å². The summed E-state index contributed by atoms with van der Waals surface area (Å²) in [5.74, 6) is 0. The molecular weight excluding hydrogens is 180 g/mol. The molecule has 0 radical (unpaired) electrons. The summed E-state index contributed by atoms with van der Waals surface area (Å²) in [7, 11) is 0. The highest BCUT2D eigenvalue weighted by atomic mass is 32.1. The number of benzene rings is 1. The normalized spacial score (nSPS) is 10.7. The zero-order valence-corrected chi connectivity index (χ0v) is 8.47. The average Bonchev–Trinajstić information content (AvgIpc) is 2.09. The lowest BCUT2D eigenvalue weighted by Crippen LogP contribution is -1.88. The van der Waals surface area contributed by atoms with Crippen LogP contribution in [0, 0.1) is 13.8 Å². The van der Waals surface area contributed by atoms with Crippen molar-refractivity contribution in [3.8, 4) is 0 Å². The van der Waals surface area contributed by atoms with E-state index in [1.165, 1.54) is 11.1 Å². The molecule has 0 aliphatic rings. The molecule has 0 unspecified atom stereocenters. The number of hydrogen-bond donors (Lipinski definition) is 1. The van der Waals surface area contributed by atoms with Gasteiger partial charge in [-0.15, -0.1) is 12.6 Å². The molecule has 3 heteroatoms. The molecule has 1 heterocycles. The predicted octanol–water partition coefficient (Wildman–Crippen LogP) is 2.54. The monoisotopic (exact) mass is 190 g/mol. The minimum atomic E-state index is 0.744. The fourth-order valence-corrected chi connectivity index (χ4v) is 1.53. The zero-order chi connectivity index (χ0) is 9.42. The van der Waals surface area contributed by atoms with E-state index in [0.29, 0.717) is 0 Å². The molecule has 0 bridgehead atoms. The van der Waals surface area contributed by atoms with Gasteiger partial charge >= 0.3 is 0 Å². The first-order chi connectivity index (χ1) is 6.18. The van der Waals surface area contributed by atoms with Crippen LogP contribution in [0.3, 0.4) is 0 Å². The highest BCUT2D eigenvalue weighted by molar-refractivity contribution is 7.80. The summed E-state index contributed by atoms with van der Waals surface area (Å²) >= 11 is 4.28. The summed E-state index contributed by atoms with van der Waals surface area (Å²) in [6.45, 7) is 4.16. The third kappa shape index (κ3) is 1.40. The van der Waals surface area contributed by atoms with Gasteiger partial charge < -0.3 is 0 Å². The molecule has 0 N–H and O–H groups in total. The van der Waals surface area contributed by atoms with Crippen molar-refractivity contribution < 1.29 is 0 Å². The molecular formula is C10H10N2S. The third-order valence-corrected chi connectivity index (χ3v) is 2.59. The van der Waals surface area contributed by atoms with Crippen LogP contribution in [0.4, 0.5) is 0 Å². The maximum atomic E-state index is 4.28. The number of aromatic nitrogens is 2. The quantitative estimate of drug-likeness (QED) is 0.510. The molecule has 0 spiro atoms. The summed E-state index contributed by atoms with van der Waals surface area (Å²) in [6, 6.07) is 4.14. The highest BCUT2D eigenvalue weighted by Gasteiger charge is 2.01. The lowest BCUT2D eigenvalue weighted by molar-refractivity contribution is 1.10. The van der Waals surface area contributed by atoms with Gasteiger partial charge in [-0.1, -0.05) is 0 Å². The Bertz CT molecular complexity index is 466. The van der Waals surface area contributed by atoms with Crippen LogP contribution in [0.25, 0.3) is 10.9 Å². The summed E-state index contributed by atoms with van der Waals surface area (Å²) in [6.07, 6.45) is 1.54. The Kier molecular flexibility index (Phi) is 1.96. The molecule has 0 saturated carbocycles. The van der Waals surface area contributed by atoms with Crippen LogP contribution in [0.5, 0.6) is 0 Å². The van der Waals surface area contributed by atoms with Gasteiger partial charge in [-0.2, -0.15) is 0 Å². The largest absolute Gasteiger partial charge is 0.236 e. The predicted molar refractivity (Wildman–Crippen MR) is 56.3 cm³/mol. The van der Waals surface area contributed by atoms with Crippen molar-refractivity contribution in [2.24, 2.45) is 0 Å². The van der Waals surface area contributed by atoms with Crippen molar-refractivity contribution in [3.63, 3.8) is 0 Å². The first-order valence-corrected chi connectivity index (χ1v) is 4.54. The molecule has 2 rings (SSSR count). The van der Waals surface area contributed by atoms with E-state index in [4.69, 9.17) is 0 Å². The Morgan fingerprint density at radius 2 is 1.77 bits per heavy atom. The molecule has 0 saturated heterocycles. The summed E-state index contributed by atoms with van der Waals surface area (Å²) in [4.78, 5) is 8.22. The van der Waals surface area contributed by atoms with Crippen LogP contribution in [-0.4, -0.2) is 9.97 Å². The third-order valence-electron chi connectivity index (χ3n) is 2.23. The van der Waals surface area contributed by atoms with E-state index >= 15 is 0 Å². The topological polar surface area (TPSA) is 25.8 Å². The number of rotatable bonds is 0. The Labute approximate surface area is 82.4 Å². The first kappa shape index (κ1) is 8.51. The van der Waals surface area contributed by atoms with Gasteiger partial charge in [-0.3, -0.25) is 0 Å². The van der Waals surface area contributed by atoms with E-state index in [0.717, 1.165) is 15.9 Å². The van der Waals surface area contributed by atoms with Crippen molar-refractivity contribution in [1.29, 1.82) is 0 Å². The number of thiol groups is 1. The van der Waals surface area contributed by atoms with Gasteiger partial charge in [0.2, 0.25) is 0 Å². The van der Waals surface area contributed by atoms with Crippen LogP contribution < -0.4 is 0 Å². The van der Waals surface area contributed by atoms with Crippen molar-refractivity contribution in [2.45, 2.75) is 18.9 Å². The van der Waals surface area contributed by atoms with Crippen molar-refractivity contribution >= 4 is 23.5 Å². The van der Waals surface area contributed by atoms with E-state index in [-0.39, 0.29) is 0 Å². The molecule has 0 atom stereocenters. The SMILES string of the molecule is Cc1cc2ncnc(S)c2cc1C. The number of nitrogens with zero attached hydrogens (tertiary/aromatic N) is 2. The molecule has 0 aliphatic heterocycles. The van der Waals surface area contributed by atoms with Crippen LogP contribution in [0.1, 0.15) is 11.1 Å². The molecule has 0 fully saturated rings. The summed E-state index contributed by atoms with van der Waals surface area (Å²) < 4.78 is 0. The molecule has 13 heavy (non-hydrogen) atoms. The Morgan fingerprint density at radius 3 is 2.54 bits per heavy atom. The van der Waals surface area contributed by atoms with Gasteiger partial charge in [0.1, 0.15) is 11.4 Å². The van der Waals surface area contributed by atoms with E-state index in [1.54, 1.807) is 6.33 Å². The maximum absolute atomic E-state index is 4.28. The van der Waals surface area contributed by atoms with E-state index < -0.39 is 0 Å². The fourth-order valence-electron chi connectivity index (χ4n) is 1.30. The van der Waals surface area contributed by atoms with Gasteiger partial charge in [-0.05, 0) is 37.1 Å². The average molecular weight is 190 g/mol. The lowest BCUT2D eigenvalue weighted by Gasteiger charge is -2.03. The van der Waals surface area contributed by atoms with Gasteiger partial charge in [0.05, 0.1) is 5.52 Å².